The van der Waals surface area contributed by atoms with Crippen LogP contribution in [-0.4, -0.2) is 19.4 Å². The molecule has 1 unspecified atom stereocenters. The minimum Gasteiger partial charge on any atom is -0.493 e. The van der Waals surface area contributed by atoms with E-state index < -0.39 is 31.1 Å². The highest BCUT2D eigenvalue weighted by Crippen LogP contribution is 2.28. The van der Waals surface area contributed by atoms with Gasteiger partial charge < -0.3 is 14.2 Å². The van der Waals surface area contributed by atoms with E-state index >= 15 is 0 Å². The molecule has 3 aromatic carbocycles. The lowest BCUT2D eigenvalue weighted by atomic mass is 10.1. The van der Waals surface area contributed by atoms with Crippen molar-refractivity contribution in [2.45, 2.75) is 19.7 Å². The Labute approximate surface area is 178 Å². The molecule has 0 saturated carbocycles. The van der Waals surface area contributed by atoms with Gasteiger partial charge in [0.1, 0.15) is 35.6 Å². The van der Waals surface area contributed by atoms with Gasteiger partial charge in [0.15, 0.2) is 0 Å². The lowest BCUT2D eigenvalue weighted by molar-refractivity contribution is -0.196. The Morgan fingerprint density at radius 1 is 0.806 bits per heavy atom. The van der Waals surface area contributed by atoms with Crippen LogP contribution in [0.2, 0.25) is 0 Å². The molecular weight excluding hydrogens is 412 g/mol. The van der Waals surface area contributed by atoms with Crippen molar-refractivity contribution in [3.05, 3.63) is 89.7 Å². The average molecular weight is 434 g/mol. The van der Waals surface area contributed by atoms with Gasteiger partial charge in [-0.3, -0.25) is 0 Å². The Hall–Kier alpha value is -3.06. The zero-order valence-electron chi connectivity index (χ0n) is 16.9. The highest BCUT2D eigenvalue weighted by atomic mass is 19.4. The maximum atomic E-state index is 13.3. The van der Waals surface area contributed by atoms with E-state index in [9.17, 15) is 17.6 Å². The number of hydrogen-bond acceptors (Lipinski definition) is 3. The van der Waals surface area contributed by atoms with Crippen LogP contribution < -0.4 is 9.47 Å². The fourth-order valence-corrected chi connectivity index (χ4v) is 2.72. The summed E-state index contributed by atoms with van der Waals surface area (Å²) < 4.78 is 69.1. The fraction of sp³-hybridized carbons (Fsp3) is 0.250. The topological polar surface area (TPSA) is 27.7 Å². The lowest BCUT2D eigenvalue weighted by Crippen LogP contribution is -2.32. The maximum Gasteiger partial charge on any atom is 0.397 e. The van der Waals surface area contributed by atoms with Crippen LogP contribution in [-0.2, 0) is 11.3 Å². The van der Waals surface area contributed by atoms with Gasteiger partial charge in [-0.2, -0.15) is 13.2 Å². The van der Waals surface area contributed by atoms with E-state index in [0.29, 0.717) is 17.1 Å². The van der Waals surface area contributed by atoms with E-state index in [0.717, 1.165) is 17.7 Å². The van der Waals surface area contributed by atoms with Gasteiger partial charge in [-0.1, -0.05) is 29.8 Å². The van der Waals surface area contributed by atoms with Crippen molar-refractivity contribution in [1.29, 1.82) is 0 Å². The molecule has 0 amide bonds. The van der Waals surface area contributed by atoms with Crippen LogP contribution in [0.3, 0.4) is 0 Å². The number of alkyl halides is 3. The van der Waals surface area contributed by atoms with Crippen molar-refractivity contribution in [2.75, 3.05) is 13.2 Å². The van der Waals surface area contributed by atoms with Crippen LogP contribution >= 0.6 is 0 Å². The summed E-state index contributed by atoms with van der Waals surface area (Å²) in [6.07, 6.45) is -4.49. The smallest absolute Gasteiger partial charge is 0.397 e. The number of halogens is 4. The molecule has 3 aromatic rings. The highest BCUT2D eigenvalue weighted by Gasteiger charge is 2.40. The molecule has 1 atom stereocenters. The quantitative estimate of drug-likeness (QED) is 0.351. The predicted molar refractivity (Wildman–Crippen MR) is 109 cm³/mol. The summed E-state index contributed by atoms with van der Waals surface area (Å²) >= 11 is 0. The van der Waals surface area contributed by atoms with E-state index in [2.05, 4.69) is 0 Å². The van der Waals surface area contributed by atoms with Gasteiger partial charge >= 0.3 is 6.18 Å². The zero-order chi connectivity index (χ0) is 22.3. The summed E-state index contributed by atoms with van der Waals surface area (Å²) in [6.45, 7) is 0.786. The fourth-order valence-electron chi connectivity index (χ4n) is 2.72. The van der Waals surface area contributed by atoms with E-state index in [1.165, 1.54) is 12.1 Å². The first-order valence-electron chi connectivity index (χ1n) is 9.66. The predicted octanol–water partition coefficient (Wildman–Crippen LogP) is 6.70. The van der Waals surface area contributed by atoms with Gasteiger partial charge in [0, 0.05) is 0 Å². The molecule has 0 aromatic heterocycles. The van der Waals surface area contributed by atoms with Gasteiger partial charge in [0.25, 0.3) is 0 Å². The Morgan fingerprint density at radius 2 is 1.48 bits per heavy atom. The molecule has 0 bridgehead atoms. The monoisotopic (exact) mass is 434 g/mol. The standard InChI is InChI=1S/C24H22F4O3/c1-17-5-9-22(10-6-17)31-23-4-2-3-18(13-23)14-29-15-19(24(26,27)28)16-30-21-11-7-20(25)8-12-21/h2-13,19H,14-16H2,1H3. The second kappa shape index (κ2) is 10.3. The molecule has 7 heteroatoms. The van der Waals surface area contributed by atoms with Crippen molar-refractivity contribution < 1.29 is 31.8 Å². The minimum absolute atomic E-state index is 0.00573. The van der Waals surface area contributed by atoms with Gasteiger partial charge in [-0.05, 0) is 61.0 Å². The largest absolute Gasteiger partial charge is 0.493 e. The van der Waals surface area contributed by atoms with Crippen LogP contribution in [0.5, 0.6) is 17.2 Å². The van der Waals surface area contributed by atoms with Crippen molar-refractivity contribution >= 4 is 0 Å². The van der Waals surface area contributed by atoms with Crippen molar-refractivity contribution in [1.82, 2.24) is 0 Å². The number of ether oxygens (including phenoxy) is 3. The summed E-state index contributed by atoms with van der Waals surface area (Å²) in [5.41, 5.74) is 1.79. The summed E-state index contributed by atoms with van der Waals surface area (Å²) in [5, 5.41) is 0. The summed E-state index contributed by atoms with van der Waals surface area (Å²) in [4.78, 5) is 0. The zero-order valence-corrected chi connectivity index (χ0v) is 16.9. The van der Waals surface area contributed by atoms with Crippen LogP contribution in [0.4, 0.5) is 17.6 Å². The van der Waals surface area contributed by atoms with Crippen molar-refractivity contribution in [3.8, 4) is 17.2 Å². The van der Waals surface area contributed by atoms with E-state index in [4.69, 9.17) is 14.2 Å². The molecule has 0 aliphatic carbocycles. The minimum atomic E-state index is -4.49. The molecule has 3 nitrogen and oxygen atoms in total. The van der Waals surface area contributed by atoms with E-state index in [1.807, 2.05) is 31.2 Å². The molecular formula is C24H22F4O3. The molecule has 164 valence electrons. The molecule has 31 heavy (non-hydrogen) atoms. The van der Waals surface area contributed by atoms with Gasteiger partial charge in [0.05, 0.1) is 13.2 Å². The van der Waals surface area contributed by atoms with Crippen LogP contribution in [0.25, 0.3) is 0 Å². The second-order valence-electron chi connectivity index (χ2n) is 7.08. The Kier molecular flexibility index (Phi) is 7.52. The third-order valence-corrected chi connectivity index (χ3v) is 4.47. The number of rotatable bonds is 9. The molecule has 0 N–H and O–H groups in total. The Morgan fingerprint density at radius 3 is 2.16 bits per heavy atom. The maximum absolute atomic E-state index is 13.3. The van der Waals surface area contributed by atoms with Gasteiger partial charge in [-0.25, -0.2) is 4.39 Å². The molecule has 0 radical (unpaired) electrons. The molecule has 0 saturated heterocycles. The second-order valence-corrected chi connectivity index (χ2v) is 7.08. The highest BCUT2D eigenvalue weighted by molar-refractivity contribution is 5.34. The van der Waals surface area contributed by atoms with Crippen LogP contribution in [0.1, 0.15) is 11.1 Å². The molecule has 0 aliphatic rings. The number of aryl methyl sites for hydroxylation is 1. The molecule has 3 rings (SSSR count). The third kappa shape index (κ3) is 7.29. The molecule has 0 spiro atoms. The van der Waals surface area contributed by atoms with E-state index in [-0.39, 0.29) is 12.4 Å². The Bertz CT molecular complexity index is 954. The summed E-state index contributed by atoms with van der Waals surface area (Å²) in [6, 6.07) is 19.3. The molecule has 0 aliphatic heterocycles. The third-order valence-electron chi connectivity index (χ3n) is 4.47. The van der Waals surface area contributed by atoms with Crippen molar-refractivity contribution in [2.24, 2.45) is 5.92 Å². The lowest BCUT2D eigenvalue weighted by Gasteiger charge is -2.20. The van der Waals surface area contributed by atoms with E-state index in [1.54, 1.807) is 24.3 Å². The summed E-state index contributed by atoms with van der Waals surface area (Å²) in [7, 11) is 0. The first-order chi connectivity index (χ1) is 14.8. The first-order valence-corrected chi connectivity index (χ1v) is 9.66. The SMILES string of the molecule is Cc1ccc(Oc2cccc(COCC(COc3ccc(F)cc3)C(F)(F)F)c2)cc1. The molecule has 0 fully saturated rings. The van der Waals surface area contributed by atoms with Gasteiger partial charge in [0.2, 0.25) is 0 Å². The summed E-state index contributed by atoms with van der Waals surface area (Å²) in [5.74, 6) is -0.909. The number of hydrogen-bond donors (Lipinski definition) is 0. The molecule has 0 heterocycles. The van der Waals surface area contributed by atoms with Gasteiger partial charge in [-0.15, -0.1) is 0 Å². The number of benzene rings is 3. The normalized spacial score (nSPS) is 12.4. The average Bonchev–Trinajstić information content (AvgIpc) is 2.73. The first kappa shape index (κ1) is 22.6. The Balaban J connectivity index is 1.53. The van der Waals surface area contributed by atoms with Crippen LogP contribution in [0.15, 0.2) is 72.8 Å². The van der Waals surface area contributed by atoms with Crippen molar-refractivity contribution in [3.63, 3.8) is 0 Å². The van der Waals surface area contributed by atoms with Crippen LogP contribution in [0, 0.1) is 18.7 Å².